The summed E-state index contributed by atoms with van der Waals surface area (Å²) < 4.78 is 24.7. The normalized spacial score (nSPS) is 12.1. The highest BCUT2D eigenvalue weighted by Gasteiger charge is 2.38. The third-order valence-electron chi connectivity index (χ3n) is 5.34. The zero-order chi connectivity index (χ0) is 27.3. The lowest BCUT2D eigenvalue weighted by molar-refractivity contribution is -0.128. The maximum absolute atomic E-state index is 13.9. The summed E-state index contributed by atoms with van der Waals surface area (Å²) in [6.45, 7) is 7.39. The zero-order valence-electron chi connectivity index (χ0n) is 21.6. The number of benzene rings is 2. The molecule has 4 aromatic rings. The van der Waals surface area contributed by atoms with Crippen LogP contribution in [-0.4, -0.2) is 44.2 Å². The Labute approximate surface area is 219 Å². The number of hydrogen-bond donors (Lipinski definition) is 1. The number of anilines is 1. The Balaban J connectivity index is 1.74. The molecule has 4 rings (SSSR count). The number of carbonyl (C=O) groups excluding carboxylic acids is 2. The number of halogens is 1. The molecule has 0 saturated carbocycles. The van der Waals surface area contributed by atoms with E-state index in [0.717, 1.165) is 4.80 Å². The highest BCUT2D eigenvalue weighted by Crippen LogP contribution is 2.35. The van der Waals surface area contributed by atoms with Crippen LogP contribution < -0.4 is 15.0 Å². The average Bonchev–Trinajstić information content (AvgIpc) is 3.55. The van der Waals surface area contributed by atoms with Crippen LogP contribution in [0.1, 0.15) is 39.5 Å². The molecule has 0 radical (unpaired) electrons. The van der Waals surface area contributed by atoms with Gasteiger partial charge in [0.2, 0.25) is 5.82 Å². The number of aromatic nitrogens is 4. The Morgan fingerprint density at radius 1 is 1.11 bits per heavy atom. The Morgan fingerprint density at radius 3 is 2.50 bits per heavy atom. The SMILES string of the molecule is CCOc1ccccc1N(C(=O)Cn1nnc(-c2ccc(F)cc2)n1)C(C(=O)NC(C)(C)C)c1ccco1. The van der Waals surface area contributed by atoms with Gasteiger partial charge in [-0.15, -0.1) is 10.2 Å². The third-order valence-corrected chi connectivity index (χ3v) is 5.34. The molecule has 10 nitrogen and oxygen atoms in total. The van der Waals surface area contributed by atoms with E-state index in [0.29, 0.717) is 23.6 Å². The van der Waals surface area contributed by atoms with Crippen molar-refractivity contribution in [2.45, 2.75) is 45.8 Å². The van der Waals surface area contributed by atoms with Gasteiger partial charge in [-0.05, 0) is 81.4 Å². The standard InChI is InChI=1S/C27H29FN6O4/c1-5-37-21-10-7-6-9-20(21)34(24(22-11-8-16-38-22)26(36)29-27(2,3)4)23(35)17-33-31-25(30-32-33)18-12-14-19(28)15-13-18/h6-16,24H,5,17H2,1-4H3,(H,29,36). The lowest BCUT2D eigenvalue weighted by Gasteiger charge is -2.33. The van der Waals surface area contributed by atoms with Crippen molar-refractivity contribution in [3.05, 3.63) is 78.5 Å². The van der Waals surface area contributed by atoms with E-state index >= 15 is 0 Å². The summed E-state index contributed by atoms with van der Waals surface area (Å²) in [4.78, 5) is 30.0. The monoisotopic (exact) mass is 520 g/mol. The summed E-state index contributed by atoms with van der Waals surface area (Å²) in [6.07, 6.45) is 1.44. The van der Waals surface area contributed by atoms with Gasteiger partial charge in [-0.25, -0.2) is 4.39 Å². The molecule has 0 aliphatic rings. The van der Waals surface area contributed by atoms with Gasteiger partial charge in [-0.1, -0.05) is 12.1 Å². The summed E-state index contributed by atoms with van der Waals surface area (Å²) >= 11 is 0. The van der Waals surface area contributed by atoms with Crippen LogP contribution in [0.2, 0.25) is 0 Å². The van der Waals surface area contributed by atoms with Gasteiger partial charge in [0.25, 0.3) is 11.8 Å². The quantitative estimate of drug-likeness (QED) is 0.352. The highest BCUT2D eigenvalue weighted by atomic mass is 19.1. The summed E-state index contributed by atoms with van der Waals surface area (Å²) in [6, 6.07) is 14.7. The molecule has 0 saturated heterocycles. The molecule has 2 heterocycles. The Kier molecular flexibility index (Phi) is 7.85. The van der Waals surface area contributed by atoms with Crippen LogP contribution >= 0.6 is 0 Å². The van der Waals surface area contributed by atoms with Crippen LogP contribution in [0.4, 0.5) is 10.1 Å². The van der Waals surface area contributed by atoms with E-state index in [1.54, 1.807) is 36.4 Å². The molecule has 38 heavy (non-hydrogen) atoms. The van der Waals surface area contributed by atoms with E-state index in [2.05, 4.69) is 20.7 Å². The summed E-state index contributed by atoms with van der Waals surface area (Å²) in [7, 11) is 0. The van der Waals surface area contributed by atoms with E-state index in [4.69, 9.17) is 9.15 Å². The number of nitrogens with zero attached hydrogens (tertiary/aromatic N) is 5. The van der Waals surface area contributed by atoms with Crippen molar-refractivity contribution in [3.63, 3.8) is 0 Å². The van der Waals surface area contributed by atoms with Crippen molar-refractivity contribution in [2.24, 2.45) is 0 Å². The number of hydrogen-bond acceptors (Lipinski definition) is 7. The number of amides is 2. The zero-order valence-corrected chi connectivity index (χ0v) is 21.6. The van der Waals surface area contributed by atoms with E-state index in [1.165, 1.54) is 35.4 Å². The minimum Gasteiger partial charge on any atom is -0.492 e. The van der Waals surface area contributed by atoms with Gasteiger partial charge >= 0.3 is 0 Å². The molecule has 198 valence electrons. The smallest absolute Gasteiger partial charge is 0.251 e. The largest absolute Gasteiger partial charge is 0.492 e. The first-order valence-electron chi connectivity index (χ1n) is 12.1. The second-order valence-corrected chi connectivity index (χ2v) is 9.47. The predicted octanol–water partition coefficient (Wildman–Crippen LogP) is 4.16. The molecule has 0 spiro atoms. The molecule has 1 unspecified atom stereocenters. The van der Waals surface area contributed by atoms with Gasteiger partial charge in [0.1, 0.15) is 23.9 Å². The maximum Gasteiger partial charge on any atom is 0.251 e. The summed E-state index contributed by atoms with van der Waals surface area (Å²) in [5.41, 5.74) is 0.346. The van der Waals surface area contributed by atoms with Crippen molar-refractivity contribution in [1.82, 2.24) is 25.5 Å². The van der Waals surface area contributed by atoms with E-state index in [9.17, 15) is 14.0 Å². The van der Waals surface area contributed by atoms with Gasteiger partial charge in [0, 0.05) is 11.1 Å². The van der Waals surface area contributed by atoms with Crippen LogP contribution in [0.25, 0.3) is 11.4 Å². The molecule has 2 aromatic carbocycles. The molecule has 11 heteroatoms. The fourth-order valence-electron chi connectivity index (χ4n) is 3.83. The maximum atomic E-state index is 13.9. The van der Waals surface area contributed by atoms with E-state index in [1.807, 2.05) is 27.7 Å². The average molecular weight is 521 g/mol. The highest BCUT2D eigenvalue weighted by molar-refractivity contribution is 6.02. The van der Waals surface area contributed by atoms with Crippen molar-refractivity contribution < 1.29 is 23.1 Å². The first kappa shape index (κ1) is 26.5. The first-order chi connectivity index (χ1) is 18.2. The van der Waals surface area contributed by atoms with Crippen molar-refractivity contribution >= 4 is 17.5 Å². The molecule has 2 aromatic heterocycles. The lowest BCUT2D eigenvalue weighted by Crippen LogP contribution is -2.50. The Bertz CT molecular complexity index is 1380. The molecule has 0 fully saturated rings. The van der Waals surface area contributed by atoms with Crippen molar-refractivity contribution in [2.75, 3.05) is 11.5 Å². The van der Waals surface area contributed by atoms with Crippen LogP contribution in [0.3, 0.4) is 0 Å². The van der Waals surface area contributed by atoms with Crippen LogP contribution in [0.15, 0.2) is 71.3 Å². The second kappa shape index (κ2) is 11.2. The number of para-hydroxylation sites is 2. The fraction of sp³-hybridized carbons (Fsp3) is 0.296. The number of rotatable bonds is 9. The third kappa shape index (κ3) is 6.23. The van der Waals surface area contributed by atoms with Crippen LogP contribution in [0.5, 0.6) is 5.75 Å². The van der Waals surface area contributed by atoms with Crippen molar-refractivity contribution in [3.8, 4) is 17.1 Å². The number of ether oxygens (including phenoxy) is 1. The van der Waals surface area contributed by atoms with Crippen molar-refractivity contribution in [1.29, 1.82) is 0 Å². The molecular weight excluding hydrogens is 491 g/mol. The number of tetrazole rings is 1. The molecule has 2 amide bonds. The number of furan rings is 1. The minimum absolute atomic E-state index is 0.229. The van der Waals surface area contributed by atoms with Gasteiger partial charge in [-0.2, -0.15) is 4.80 Å². The minimum atomic E-state index is -1.15. The molecule has 0 aliphatic carbocycles. The lowest BCUT2D eigenvalue weighted by atomic mass is 10.1. The molecule has 0 bridgehead atoms. The van der Waals surface area contributed by atoms with Gasteiger partial charge in [0.05, 0.1) is 18.6 Å². The summed E-state index contributed by atoms with van der Waals surface area (Å²) in [5.74, 6) is -0.423. The van der Waals surface area contributed by atoms with E-state index < -0.39 is 29.2 Å². The molecule has 1 atom stereocenters. The molecule has 0 aliphatic heterocycles. The van der Waals surface area contributed by atoms with E-state index in [-0.39, 0.29) is 18.1 Å². The molecule has 1 N–H and O–H groups in total. The molecular formula is C27H29FN6O4. The predicted molar refractivity (Wildman–Crippen MR) is 138 cm³/mol. The Morgan fingerprint density at radius 2 is 1.84 bits per heavy atom. The first-order valence-corrected chi connectivity index (χ1v) is 12.1. The van der Waals surface area contributed by atoms with Gasteiger partial charge in [-0.3, -0.25) is 14.5 Å². The van der Waals surface area contributed by atoms with Crippen LogP contribution in [0, 0.1) is 5.82 Å². The number of carbonyl (C=O) groups is 2. The second-order valence-electron chi connectivity index (χ2n) is 9.47. The number of nitrogens with one attached hydrogen (secondary N) is 1. The topological polar surface area (TPSA) is 115 Å². The van der Waals surface area contributed by atoms with Gasteiger partial charge in [0.15, 0.2) is 6.04 Å². The summed E-state index contributed by atoms with van der Waals surface area (Å²) in [5, 5.41) is 15.2. The van der Waals surface area contributed by atoms with Crippen LogP contribution in [-0.2, 0) is 16.1 Å². The van der Waals surface area contributed by atoms with Gasteiger partial charge < -0.3 is 14.5 Å². The Hall–Kier alpha value is -4.54. The fourth-order valence-corrected chi connectivity index (χ4v) is 3.83.